The summed E-state index contributed by atoms with van der Waals surface area (Å²) >= 11 is 17.7. The minimum Gasteiger partial charge on any atom is -0.325 e. The highest BCUT2D eigenvalue weighted by Gasteiger charge is 2.19. The molecule has 1 aliphatic rings. The summed E-state index contributed by atoms with van der Waals surface area (Å²) in [5.74, 6) is -0.495. The fourth-order valence-electron chi connectivity index (χ4n) is 2.98. The van der Waals surface area contributed by atoms with Crippen LogP contribution in [0.5, 0.6) is 0 Å². The minimum atomic E-state index is -0.404. The van der Waals surface area contributed by atoms with Crippen LogP contribution in [0.4, 0.5) is 10.1 Å². The third-order valence-corrected chi connectivity index (χ3v) is 5.45. The van der Waals surface area contributed by atoms with Crippen molar-refractivity contribution in [3.8, 4) is 0 Å². The molecule has 0 aromatic heterocycles. The van der Waals surface area contributed by atoms with E-state index in [1.807, 2.05) is 0 Å². The van der Waals surface area contributed by atoms with Crippen molar-refractivity contribution < 1.29 is 9.18 Å². The second-order valence-electron chi connectivity index (χ2n) is 6.48. The second-order valence-corrected chi connectivity index (χ2v) is 7.70. The summed E-state index contributed by atoms with van der Waals surface area (Å²) in [6.45, 7) is 4.25. The molecule has 2 aromatic carbocycles. The quantitative estimate of drug-likeness (QED) is 0.756. The Balaban J connectivity index is 1.45. The van der Waals surface area contributed by atoms with Gasteiger partial charge in [0.1, 0.15) is 5.82 Å². The van der Waals surface area contributed by atoms with Gasteiger partial charge in [-0.15, -0.1) is 0 Å². The van der Waals surface area contributed by atoms with Gasteiger partial charge >= 0.3 is 0 Å². The first-order valence-electron chi connectivity index (χ1n) is 8.54. The molecule has 1 fully saturated rings. The molecule has 3 rings (SSSR count). The van der Waals surface area contributed by atoms with Crippen molar-refractivity contribution in [2.45, 2.75) is 6.54 Å². The van der Waals surface area contributed by atoms with Gasteiger partial charge < -0.3 is 5.32 Å². The molecule has 0 unspecified atom stereocenters. The zero-order valence-electron chi connectivity index (χ0n) is 14.5. The van der Waals surface area contributed by atoms with Gasteiger partial charge in [-0.25, -0.2) is 4.39 Å². The van der Waals surface area contributed by atoms with E-state index in [4.69, 9.17) is 34.8 Å². The molecule has 1 N–H and O–H groups in total. The minimum absolute atomic E-state index is 0.0906. The molecule has 1 aliphatic heterocycles. The third-order valence-electron chi connectivity index (χ3n) is 4.43. The van der Waals surface area contributed by atoms with E-state index in [0.29, 0.717) is 28.8 Å². The smallest absolute Gasteiger partial charge is 0.238 e. The second kappa shape index (κ2) is 9.22. The van der Waals surface area contributed by atoms with Crippen LogP contribution in [0.3, 0.4) is 0 Å². The summed E-state index contributed by atoms with van der Waals surface area (Å²) in [7, 11) is 0. The molecule has 8 heteroatoms. The number of anilines is 1. The molecular weight excluding hydrogens is 412 g/mol. The van der Waals surface area contributed by atoms with Gasteiger partial charge in [-0.05, 0) is 35.9 Å². The van der Waals surface area contributed by atoms with Gasteiger partial charge in [0.2, 0.25) is 5.91 Å². The summed E-state index contributed by atoms with van der Waals surface area (Å²) in [4.78, 5) is 16.6. The predicted molar refractivity (Wildman–Crippen MR) is 108 cm³/mol. The molecule has 0 aliphatic carbocycles. The lowest BCUT2D eigenvalue weighted by Crippen LogP contribution is -2.48. The highest BCUT2D eigenvalue weighted by molar-refractivity contribution is 6.42. The first-order valence-corrected chi connectivity index (χ1v) is 9.67. The molecular formula is C19H19Cl3FN3O. The number of hydrogen-bond acceptors (Lipinski definition) is 3. The number of rotatable bonds is 5. The van der Waals surface area contributed by atoms with E-state index in [-0.39, 0.29) is 10.9 Å². The standard InChI is InChI=1S/C19H19Cl3FN3O/c20-15-3-2-14(10-16(15)21)24-19(27)12-26-7-5-25(6-8-26)11-13-1-4-18(23)17(22)9-13/h1-4,9-10H,5-8,11-12H2,(H,24,27). The van der Waals surface area contributed by atoms with Crippen LogP contribution >= 0.6 is 34.8 Å². The van der Waals surface area contributed by atoms with E-state index in [0.717, 1.165) is 31.7 Å². The Kier molecular flexibility index (Phi) is 6.95. The SMILES string of the molecule is O=C(CN1CCN(Cc2ccc(F)c(Cl)c2)CC1)Nc1ccc(Cl)c(Cl)c1. The Morgan fingerprint density at radius 1 is 0.926 bits per heavy atom. The Bertz CT molecular complexity index is 826. The average molecular weight is 431 g/mol. The number of carbonyl (C=O) groups excluding carboxylic acids is 1. The highest BCUT2D eigenvalue weighted by atomic mass is 35.5. The number of benzene rings is 2. The Morgan fingerprint density at radius 3 is 2.30 bits per heavy atom. The van der Waals surface area contributed by atoms with Gasteiger partial charge in [-0.1, -0.05) is 40.9 Å². The third kappa shape index (κ3) is 5.80. The van der Waals surface area contributed by atoms with Crippen LogP contribution in [0.2, 0.25) is 15.1 Å². The van der Waals surface area contributed by atoms with Crippen LogP contribution in [-0.4, -0.2) is 48.4 Å². The molecule has 4 nitrogen and oxygen atoms in total. The first kappa shape index (κ1) is 20.4. The van der Waals surface area contributed by atoms with E-state index in [9.17, 15) is 9.18 Å². The predicted octanol–water partition coefficient (Wildman–Crippen LogP) is 4.54. The van der Waals surface area contributed by atoms with Crippen LogP contribution in [0.1, 0.15) is 5.56 Å². The molecule has 1 saturated heterocycles. The van der Waals surface area contributed by atoms with Gasteiger partial charge in [0.25, 0.3) is 0 Å². The molecule has 0 radical (unpaired) electrons. The number of carbonyl (C=O) groups is 1. The van der Waals surface area contributed by atoms with Gasteiger partial charge in [-0.3, -0.25) is 14.6 Å². The van der Waals surface area contributed by atoms with Crippen LogP contribution in [0, 0.1) is 5.82 Å². The number of amides is 1. The maximum Gasteiger partial charge on any atom is 0.238 e. The lowest BCUT2D eigenvalue weighted by molar-refractivity contribution is -0.117. The van der Waals surface area contributed by atoms with Crippen molar-refractivity contribution in [3.05, 3.63) is 62.8 Å². The summed E-state index contributed by atoms with van der Waals surface area (Å²) < 4.78 is 13.2. The van der Waals surface area contributed by atoms with Crippen molar-refractivity contribution in [2.75, 3.05) is 38.0 Å². The molecule has 0 spiro atoms. The molecule has 27 heavy (non-hydrogen) atoms. The molecule has 0 bridgehead atoms. The van der Waals surface area contributed by atoms with Gasteiger partial charge in [0.15, 0.2) is 0 Å². The van der Waals surface area contributed by atoms with Crippen molar-refractivity contribution in [1.82, 2.24) is 9.80 Å². The average Bonchev–Trinajstić information content (AvgIpc) is 2.63. The zero-order valence-corrected chi connectivity index (χ0v) is 16.8. The molecule has 0 saturated carbocycles. The normalized spacial score (nSPS) is 15.7. The van der Waals surface area contributed by atoms with Crippen molar-refractivity contribution >= 4 is 46.4 Å². The maximum absolute atomic E-state index is 13.2. The Morgan fingerprint density at radius 2 is 1.63 bits per heavy atom. The lowest BCUT2D eigenvalue weighted by Gasteiger charge is -2.34. The molecule has 1 amide bonds. The summed E-state index contributed by atoms with van der Waals surface area (Å²) in [6, 6.07) is 9.80. The number of nitrogens with zero attached hydrogens (tertiary/aromatic N) is 2. The Labute approximate surface area is 172 Å². The van der Waals surface area contributed by atoms with Crippen LogP contribution in [0.25, 0.3) is 0 Å². The number of nitrogens with one attached hydrogen (secondary N) is 1. The zero-order chi connectivity index (χ0) is 19.4. The number of hydrogen-bond donors (Lipinski definition) is 1. The van der Waals surface area contributed by atoms with E-state index < -0.39 is 5.82 Å². The van der Waals surface area contributed by atoms with E-state index in [2.05, 4.69) is 15.1 Å². The van der Waals surface area contributed by atoms with Gasteiger partial charge in [0.05, 0.1) is 21.6 Å². The molecule has 0 atom stereocenters. The highest BCUT2D eigenvalue weighted by Crippen LogP contribution is 2.25. The molecule has 2 aromatic rings. The lowest BCUT2D eigenvalue weighted by atomic mass is 10.2. The fraction of sp³-hybridized carbons (Fsp3) is 0.316. The van der Waals surface area contributed by atoms with E-state index in [1.54, 1.807) is 30.3 Å². The summed E-state index contributed by atoms with van der Waals surface area (Å²) in [6.07, 6.45) is 0. The largest absolute Gasteiger partial charge is 0.325 e. The van der Waals surface area contributed by atoms with Crippen LogP contribution in [-0.2, 0) is 11.3 Å². The fourth-order valence-corrected chi connectivity index (χ4v) is 3.48. The van der Waals surface area contributed by atoms with Gasteiger partial charge in [0, 0.05) is 38.4 Å². The van der Waals surface area contributed by atoms with Crippen molar-refractivity contribution in [3.63, 3.8) is 0 Å². The first-order chi connectivity index (χ1) is 12.9. The van der Waals surface area contributed by atoms with E-state index >= 15 is 0 Å². The topological polar surface area (TPSA) is 35.6 Å². The van der Waals surface area contributed by atoms with Crippen LogP contribution in [0.15, 0.2) is 36.4 Å². The summed E-state index contributed by atoms with van der Waals surface area (Å²) in [5, 5.41) is 3.83. The Hall–Kier alpha value is -1.37. The van der Waals surface area contributed by atoms with Crippen LogP contribution < -0.4 is 5.32 Å². The monoisotopic (exact) mass is 429 g/mol. The van der Waals surface area contributed by atoms with Crippen molar-refractivity contribution in [2.24, 2.45) is 0 Å². The van der Waals surface area contributed by atoms with Crippen molar-refractivity contribution in [1.29, 1.82) is 0 Å². The number of halogens is 4. The molecule has 1 heterocycles. The number of piperazine rings is 1. The van der Waals surface area contributed by atoms with Gasteiger partial charge in [-0.2, -0.15) is 0 Å². The summed E-state index contributed by atoms with van der Waals surface area (Å²) in [5.41, 5.74) is 1.61. The molecule has 144 valence electrons. The maximum atomic E-state index is 13.2. The van der Waals surface area contributed by atoms with E-state index in [1.165, 1.54) is 6.07 Å².